The summed E-state index contributed by atoms with van der Waals surface area (Å²) in [6.45, 7) is 3.93. The molecule has 0 unspecified atom stereocenters. The predicted molar refractivity (Wildman–Crippen MR) is 65.0 cm³/mol. The Hall–Kier alpha value is -2.17. The highest BCUT2D eigenvalue weighted by atomic mass is 16.5. The Morgan fingerprint density at radius 3 is 3.06 bits per heavy atom. The Balaban J connectivity index is 2.35. The van der Waals surface area contributed by atoms with Gasteiger partial charge in [0.15, 0.2) is 0 Å². The molecule has 0 atom stereocenters. The number of aromatic nitrogens is 2. The van der Waals surface area contributed by atoms with Crippen molar-refractivity contribution in [3.63, 3.8) is 0 Å². The number of hydrogen-bond acceptors (Lipinski definition) is 4. The van der Waals surface area contributed by atoms with Crippen LogP contribution >= 0.6 is 0 Å². The Bertz CT molecular complexity index is 572. The lowest BCUT2D eigenvalue weighted by Gasteiger charge is -1.98. The van der Waals surface area contributed by atoms with E-state index in [-0.39, 0.29) is 0 Å². The average molecular weight is 231 g/mol. The van der Waals surface area contributed by atoms with Gasteiger partial charge in [-0.25, -0.2) is 14.5 Å². The summed E-state index contributed by atoms with van der Waals surface area (Å²) in [7, 11) is 0. The summed E-state index contributed by atoms with van der Waals surface area (Å²) in [5.74, 6) is 0.274. The Morgan fingerprint density at radius 1 is 1.53 bits per heavy atom. The Morgan fingerprint density at radius 2 is 2.29 bits per heavy atom. The van der Waals surface area contributed by atoms with Crippen molar-refractivity contribution in [1.82, 2.24) is 9.66 Å². The predicted octanol–water partition coefficient (Wildman–Crippen LogP) is 1.74. The summed E-state index contributed by atoms with van der Waals surface area (Å²) in [5, 5.41) is 4.07. The lowest BCUT2D eigenvalue weighted by molar-refractivity contribution is -0.134. The molecule has 2 rings (SSSR count). The number of esters is 1. The maximum Gasteiger partial charge on any atom is 0.351 e. The smallest absolute Gasteiger partial charge is 0.351 e. The fourth-order valence-corrected chi connectivity index (χ4v) is 1.56. The van der Waals surface area contributed by atoms with Crippen molar-refractivity contribution < 1.29 is 9.53 Å². The number of para-hydroxylation sites is 2. The van der Waals surface area contributed by atoms with Gasteiger partial charge in [0, 0.05) is 0 Å². The molecule has 1 aromatic heterocycles. The van der Waals surface area contributed by atoms with Crippen LogP contribution in [0.3, 0.4) is 0 Å². The van der Waals surface area contributed by atoms with Crippen molar-refractivity contribution in [1.29, 1.82) is 0 Å². The van der Waals surface area contributed by atoms with Crippen LogP contribution in [-0.4, -0.2) is 28.5 Å². The molecular weight excluding hydrogens is 218 g/mol. The third-order valence-corrected chi connectivity index (χ3v) is 2.26. The Labute approximate surface area is 98.7 Å². The van der Waals surface area contributed by atoms with Gasteiger partial charge in [-0.05, 0) is 26.0 Å². The molecule has 5 nitrogen and oxygen atoms in total. The van der Waals surface area contributed by atoms with E-state index in [0.29, 0.717) is 6.61 Å². The molecule has 0 aliphatic carbocycles. The monoisotopic (exact) mass is 231 g/mol. The number of carbonyl (C=O) groups excluding carboxylic acids is 1. The second kappa shape index (κ2) is 4.78. The van der Waals surface area contributed by atoms with Crippen molar-refractivity contribution in [2.45, 2.75) is 13.8 Å². The molecule has 0 N–H and O–H groups in total. The van der Waals surface area contributed by atoms with Gasteiger partial charge in [0.05, 0.1) is 17.6 Å². The first kappa shape index (κ1) is 11.3. The van der Waals surface area contributed by atoms with Crippen molar-refractivity contribution in [3.05, 3.63) is 30.1 Å². The Kier molecular flexibility index (Phi) is 3.18. The van der Waals surface area contributed by atoms with Gasteiger partial charge >= 0.3 is 5.97 Å². The van der Waals surface area contributed by atoms with E-state index < -0.39 is 5.97 Å². The second-order valence-corrected chi connectivity index (χ2v) is 3.46. The van der Waals surface area contributed by atoms with Gasteiger partial charge < -0.3 is 4.74 Å². The zero-order valence-corrected chi connectivity index (χ0v) is 9.75. The van der Waals surface area contributed by atoms with E-state index in [9.17, 15) is 4.79 Å². The van der Waals surface area contributed by atoms with Gasteiger partial charge in [-0.1, -0.05) is 12.1 Å². The molecule has 5 heteroatoms. The quantitative estimate of drug-likeness (QED) is 0.597. The standard InChI is InChI=1S/C12H13N3O2/c1-3-17-12(16)8-13-15-9(2)14-10-6-4-5-7-11(10)15/h4-8H,3H2,1-2H3. The zero-order chi connectivity index (χ0) is 12.3. The van der Waals surface area contributed by atoms with Gasteiger partial charge in [-0.2, -0.15) is 5.10 Å². The summed E-state index contributed by atoms with van der Waals surface area (Å²) in [6.07, 6.45) is 1.16. The molecule has 88 valence electrons. The minimum atomic E-state index is -0.454. The van der Waals surface area contributed by atoms with Crippen LogP contribution in [0, 0.1) is 6.92 Å². The molecule has 2 aromatic rings. The van der Waals surface area contributed by atoms with E-state index >= 15 is 0 Å². The van der Waals surface area contributed by atoms with E-state index in [1.165, 1.54) is 0 Å². The number of carbonyl (C=O) groups is 1. The summed E-state index contributed by atoms with van der Waals surface area (Å²) in [5.41, 5.74) is 1.72. The van der Waals surface area contributed by atoms with Crippen LogP contribution < -0.4 is 0 Å². The first-order valence-electron chi connectivity index (χ1n) is 5.37. The first-order chi connectivity index (χ1) is 8.22. The maximum absolute atomic E-state index is 11.2. The van der Waals surface area contributed by atoms with E-state index in [4.69, 9.17) is 4.74 Å². The zero-order valence-electron chi connectivity index (χ0n) is 9.75. The molecule has 0 bridgehead atoms. The second-order valence-electron chi connectivity index (χ2n) is 3.46. The summed E-state index contributed by atoms with van der Waals surface area (Å²) in [4.78, 5) is 15.5. The van der Waals surface area contributed by atoms with Crippen molar-refractivity contribution in [2.75, 3.05) is 6.61 Å². The molecule has 1 heterocycles. The number of benzene rings is 1. The third kappa shape index (κ3) is 2.33. The van der Waals surface area contributed by atoms with E-state index in [0.717, 1.165) is 23.1 Å². The van der Waals surface area contributed by atoms with Gasteiger partial charge in [0.25, 0.3) is 0 Å². The molecule has 17 heavy (non-hydrogen) atoms. The van der Waals surface area contributed by atoms with Gasteiger partial charge in [0.1, 0.15) is 12.0 Å². The molecule has 0 amide bonds. The molecule has 0 radical (unpaired) electrons. The molecule has 1 aromatic carbocycles. The van der Waals surface area contributed by atoms with Crippen LogP contribution in [0.4, 0.5) is 0 Å². The molecule has 0 saturated carbocycles. The molecule has 0 saturated heterocycles. The maximum atomic E-state index is 11.2. The lowest BCUT2D eigenvalue weighted by atomic mass is 10.3. The number of ether oxygens (including phenoxy) is 1. The molecule has 0 spiro atoms. The largest absolute Gasteiger partial charge is 0.462 e. The fraction of sp³-hybridized carbons (Fsp3) is 0.250. The molecule has 0 aliphatic rings. The number of rotatable bonds is 3. The van der Waals surface area contributed by atoms with E-state index in [2.05, 4.69) is 10.1 Å². The van der Waals surface area contributed by atoms with Crippen LogP contribution in [0.25, 0.3) is 11.0 Å². The number of hydrogen-bond donors (Lipinski definition) is 0. The minimum absolute atomic E-state index is 0.342. The first-order valence-corrected chi connectivity index (χ1v) is 5.37. The highest BCUT2D eigenvalue weighted by molar-refractivity contribution is 6.23. The molecular formula is C12H13N3O2. The molecule has 0 fully saturated rings. The number of imidazole rings is 1. The summed E-state index contributed by atoms with van der Waals surface area (Å²) < 4.78 is 6.39. The topological polar surface area (TPSA) is 56.5 Å². The van der Waals surface area contributed by atoms with Crippen molar-refractivity contribution >= 4 is 23.2 Å². The SMILES string of the molecule is CCOC(=O)C=Nn1c(C)nc2ccccc21. The van der Waals surface area contributed by atoms with Gasteiger partial charge in [-0.3, -0.25) is 0 Å². The van der Waals surface area contributed by atoms with Crippen LogP contribution in [-0.2, 0) is 9.53 Å². The van der Waals surface area contributed by atoms with Gasteiger partial charge in [0.2, 0.25) is 0 Å². The normalized spacial score (nSPS) is 11.2. The fourth-order valence-electron chi connectivity index (χ4n) is 1.56. The van der Waals surface area contributed by atoms with Crippen LogP contribution in [0.1, 0.15) is 12.7 Å². The lowest BCUT2D eigenvalue weighted by Crippen LogP contribution is -2.06. The minimum Gasteiger partial charge on any atom is -0.462 e. The summed E-state index contributed by atoms with van der Waals surface area (Å²) in [6, 6.07) is 7.62. The highest BCUT2D eigenvalue weighted by Crippen LogP contribution is 2.14. The number of fused-ring (bicyclic) bond motifs is 1. The van der Waals surface area contributed by atoms with Crippen molar-refractivity contribution in [2.24, 2.45) is 5.10 Å². The number of aryl methyl sites for hydroxylation is 1. The third-order valence-electron chi connectivity index (χ3n) is 2.26. The molecule has 0 aliphatic heterocycles. The van der Waals surface area contributed by atoms with Crippen LogP contribution in [0.5, 0.6) is 0 Å². The van der Waals surface area contributed by atoms with Crippen LogP contribution in [0.2, 0.25) is 0 Å². The highest BCUT2D eigenvalue weighted by Gasteiger charge is 2.05. The van der Waals surface area contributed by atoms with Gasteiger partial charge in [-0.15, -0.1) is 0 Å². The van der Waals surface area contributed by atoms with E-state index in [1.54, 1.807) is 11.6 Å². The van der Waals surface area contributed by atoms with Crippen molar-refractivity contribution in [3.8, 4) is 0 Å². The number of nitrogens with zero attached hydrogens (tertiary/aromatic N) is 3. The van der Waals surface area contributed by atoms with E-state index in [1.807, 2.05) is 31.2 Å². The average Bonchev–Trinajstić information content (AvgIpc) is 2.62. The van der Waals surface area contributed by atoms with Crippen LogP contribution in [0.15, 0.2) is 29.4 Å². The summed E-state index contributed by atoms with van der Waals surface area (Å²) >= 11 is 0.